The number of benzene rings is 2. The van der Waals surface area contributed by atoms with E-state index in [2.05, 4.69) is 5.43 Å². The first kappa shape index (κ1) is 21.3. The van der Waals surface area contributed by atoms with E-state index in [-0.39, 0.29) is 11.8 Å². The second kappa shape index (κ2) is 8.78. The molecule has 0 saturated heterocycles. The molecule has 0 spiro atoms. The molecule has 6 heteroatoms. The van der Waals surface area contributed by atoms with Gasteiger partial charge in [-0.3, -0.25) is 15.0 Å². The Morgan fingerprint density at radius 3 is 2.07 bits per heavy atom. The molecular weight excluding hydrogens is 356 g/mol. The SMILES string of the molecule is CCc1c(OC)cccc1C(=O)NN(C(=O)c1ccccc1OC)C(C)(C)C. The van der Waals surface area contributed by atoms with Gasteiger partial charge in [0.05, 0.1) is 25.3 Å². The molecule has 2 rings (SSSR count). The first-order chi connectivity index (χ1) is 13.2. The second-order valence-electron chi connectivity index (χ2n) is 7.29. The van der Waals surface area contributed by atoms with Crippen molar-refractivity contribution in [3.8, 4) is 11.5 Å². The molecule has 0 aliphatic carbocycles. The first-order valence-electron chi connectivity index (χ1n) is 9.19. The van der Waals surface area contributed by atoms with E-state index in [1.54, 1.807) is 43.5 Å². The molecule has 2 amide bonds. The quantitative estimate of drug-likeness (QED) is 0.795. The van der Waals surface area contributed by atoms with E-state index in [4.69, 9.17) is 9.47 Å². The number of hydrogen-bond acceptors (Lipinski definition) is 4. The number of ether oxygens (including phenoxy) is 2. The summed E-state index contributed by atoms with van der Waals surface area (Å²) in [5.74, 6) is 0.383. The van der Waals surface area contributed by atoms with Crippen LogP contribution in [0.4, 0.5) is 0 Å². The number of rotatable bonds is 5. The Bertz CT molecular complexity index is 856. The van der Waals surface area contributed by atoms with Gasteiger partial charge in [0, 0.05) is 11.1 Å². The molecule has 0 radical (unpaired) electrons. The molecule has 0 aliphatic rings. The highest BCUT2D eigenvalue weighted by atomic mass is 16.5. The van der Waals surface area contributed by atoms with Crippen molar-refractivity contribution in [3.63, 3.8) is 0 Å². The summed E-state index contributed by atoms with van der Waals surface area (Å²) in [6, 6.07) is 12.2. The summed E-state index contributed by atoms with van der Waals surface area (Å²) in [6.45, 7) is 7.52. The summed E-state index contributed by atoms with van der Waals surface area (Å²) in [4.78, 5) is 26.3. The normalized spacial score (nSPS) is 10.9. The lowest BCUT2D eigenvalue weighted by Crippen LogP contribution is -2.56. The lowest BCUT2D eigenvalue weighted by Gasteiger charge is -2.36. The Labute approximate surface area is 166 Å². The summed E-state index contributed by atoms with van der Waals surface area (Å²) >= 11 is 0. The van der Waals surface area contributed by atoms with Crippen LogP contribution in [0.25, 0.3) is 0 Å². The average Bonchev–Trinajstić information content (AvgIpc) is 2.69. The average molecular weight is 384 g/mol. The van der Waals surface area contributed by atoms with Gasteiger partial charge in [-0.2, -0.15) is 0 Å². The van der Waals surface area contributed by atoms with E-state index < -0.39 is 5.54 Å². The molecule has 28 heavy (non-hydrogen) atoms. The minimum absolute atomic E-state index is 0.348. The topological polar surface area (TPSA) is 67.9 Å². The van der Waals surface area contributed by atoms with Crippen molar-refractivity contribution in [1.29, 1.82) is 0 Å². The Morgan fingerprint density at radius 2 is 1.50 bits per heavy atom. The molecule has 6 nitrogen and oxygen atoms in total. The van der Waals surface area contributed by atoms with Crippen molar-refractivity contribution < 1.29 is 19.1 Å². The van der Waals surface area contributed by atoms with Crippen LogP contribution in [0.2, 0.25) is 0 Å². The predicted molar refractivity (Wildman–Crippen MR) is 109 cm³/mol. The van der Waals surface area contributed by atoms with Crippen LogP contribution in [0.3, 0.4) is 0 Å². The van der Waals surface area contributed by atoms with Crippen LogP contribution in [0, 0.1) is 0 Å². The molecule has 1 N–H and O–H groups in total. The third-order valence-electron chi connectivity index (χ3n) is 4.38. The lowest BCUT2D eigenvalue weighted by atomic mass is 10.0. The molecule has 0 atom stereocenters. The number of nitrogens with zero attached hydrogens (tertiary/aromatic N) is 1. The first-order valence-corrected chi connectivity index (χ1v) is 9.19. The highest BCUT2D eigenvalue weighted by Crippen LogP contribution is 2.25. The van der Waals surface area contributed by atoms with Crippen molar-refractivity contribution in [2.24, 2.45) is 0 Å². The molecule has 0 aromatic heterocycles. The summed E-state index contributed by atoms with van der Waals surface area (Å²) in [5, 5.41) is 1.34. The molecule has 2 aromatic carbocycles. The largest absolute Gasteiger partial charge is 0.496 e. The number of hydrogen-bond donors (Lipinski definition) is 1. The van der Waals surface area contributed by atoms with Crippen molar-refractivity contribution in [3.05, 3.63) is 59.2 Å². The lowest BCUT2D eigenvalue weighted by molar-refractivity contribution is 0.0355. The maximum atomic E-state index is 13.2. The molecule has 0 aliphatic heterocycles. The molecule has 0 saturated carbocycles. The van der Waals surface area contributed by atoms with Crippen molar-refractivity contribution in [1.82, 2.24) is 10.4 Å². The van der Waals surface area contributed by atoms with E-state index in [1.807, 2.05) is 33.8 Å². The van der Waals surface area contributed by atoms with Crippen LogP contribution in [0.1, 0.15) is 54.0 Å². The van der Waals surface area contributed by atoms with E-state index in [0.29, 0.717) is 29.0 Å². The Hall–Kier alpha value is -3.02. The van der Waals surface area contributed by atoms with E-state index in [0.717, 1.165) is 5.56 Å². The van der Waals surface area contributed by atoms with Gasteiger partial charge in [0.2, 0.25) is 0 Å². The third-order valence-corrected chi connectivity index (χ3v) is 4.38. The maximum Gasteiger partial charge on any atom is 0.276 e. The molecule has 2 aromatic rings. The molecule has 0 fully saturated rings. The number of methoxy groups -OCH3 is 2. The van der Waals surface area contributed by atoms with Gasteiger partial charge in [-0.05, 0) is 51.5 Å². The Balaban J connectivity index is 2.41. The van der Waals surface area contributed by atoms with Crippen LogP contribution < -0.4 is 14.9 Å². The summed E-state index contributed by atoms with van der Waals surface area (Å²) in [6.07, 6.45) is 0.628. The third kappa shape index (κ3) is 4.44. The number of carbonyl (C=O) groups excluding carboxylic acids is 2. The minimum atomic E-state index is -0.654. The molecule has 150 valence electrons. The van der Waals surface area contributed by atoms with Gasteiger partial charge in [-0.15, -0.1) is 0 Å². The highest BCUT2D eigenvalue weighted by Gasteiger charge is 2.31. The predicted octanol–water partition coefficient (Wildman–Crippen LogP) is 3.85. The molecular formula is C22H28N2O4. The zero-order chi connectivity index (χ0) is 20.9. The fourth-order valence-electron chi connectivity index (χ4n) is 2.96. The zero-order valence-corrected chi connectivity index (χ0v) is 17.3. The van der Waals surface area contributed by atoms with Crippen LogP contribution in [-0.2, 0) is 6.42 Å². The van der Waals surface area contributed by atoms with Gasteiger partial charge in [0.15, 0.2) is 0 Å². The number of para-hydroxylation sites is 1. The minimum Gasteiger partial charge on any atom is -0.496 e. The van der Waals surface area contributed by atoms with Crippen molar-refractivity contribution in [2.45, 2.75) is 39.7 Å². The maximum absolute atomic E-state index is 13.2. The van der Waals surface area contributed by atoms with Crippen molar-refractivity contribution in [2.75, 3.05) is 14.2 Å². The van der Waals surface area contributed by atoms with Gasteiger partial charge in [0.25, 0.3) is 11.8 Å². The van der Waals surface area contributed by atoms with Gasteiger partial charge in [-0.1, -0.05) is 25.1 Å². The summed E-state index contributed by atoms with van der Waals surface area (Å²) in [5.41, 5.74) is 3.77. The van der Waals surface area contributed by atoms with Gasteiger partial charge < -0.3 is 9.47 Å². The molecule has 0 unspecified atom stereocenters. The monoisotopic (exact) mass is 384 g/mol. The fourth-order valence-corrected chi connectivity index (χ4v) is 2.96. The van der Waals surface area contributed by atoms with Crippen LogP contribution in [-0.4, -0.2) is 36.6 Å². The number of hydrazine groups is 1. The molecule has 0 heterocycles. The van der Waals surface area contributed by atoms with Gasteiger partial charge in [-0.25, -0.2) is 5.01 Å². The number of nitrogens with one attached hydrogen (secondary N) is 1. The number of carbonyl (C=O) groups is 2. The number of amides is 2. The fraction of sp³-hybridized carbons (Fsp3) is 0.364. The van der Waals surface area contributed by atoms with E-state index >= 15 is 0 Å². The summed E-state index contributed by atoms with van der Waals surface area (Å²) < 4.78 is 10.7. The zero-order valence-electron chi connectivity index (χ0n) is 17.3. The van der Waals surface area contributed by atoms with E-state index in [9.17, 15) is 9.59 Å². The van der Waals surface area contributed by atoms with Crippen molar-refractivity contribution >= 4 is 11.8 Å². The highest BCUT2D eigenvalue weighted by molar-refractivity contribution is 6.01. The Morgan fingerprint density at radius 1 is 0.929 bits per heavy atom. The van der Waals surface area contributed by atoms with Gasteiger partial charge in [0.1, 0.15) is 11.5 Å². The molecule has 0 bridgehead atoms. The van der Waals surface area contributed by atoms with Crippen LogP contribution in [0.5, 0.6) is 11.5 Å². The van der Waals surface area contributed by atoms with Crippen LogP contribution in [0.15, 0.2) is 42.5 Å². The van der Waals surface area contributed by atoms with Gasteiger partial charge >= 0.3 is 0 Å². The standard InChI is InChI=1S/C22H28N2O4/c1-7-15-16(12-10-14-18(15)27-5)20(25)23-24(22(2,3)4)21(26)17-11-8-9-13-19(17)28-6/h8-14H,7H2,1-6H3,(H,23,25). The second-order valence-corrected chi connectivity index (χ2v) is 7.29. The Kier molecular flexibility index (Phi) is 6.67. The smallest absolute Gasteiger partial charge is 0.276 e. The van der Waals surface area contributed by atoms with E-state index in [1.165, 1.54) is 12.1 Å². The summed E-state index contributed by atoms with van der Waals surface area (Å²) in [7, 11) is 3.08. The van der Waals surface area contributed by atoms with Crippen LogP contribution >= 0.6 is 0 Å².